The number of benzene rings is 2. The van der Waals surface area contributed by atoms with Gasteiger partial charge < -0.3 is 9.84 Å². The van der Waals surface area contributed by atoms with E-state index in [4.69, 9.17) is 4.74 Å². The van der Waals surface area contributed by atoms with E-state index in [1.165, 1.54) is 6.07 Å². The molecule has 3 N–H and O–H groups in total. The van der Waals surface area contributed by atoms with Gasteiger partial charge in [-0.3, -0.25) is 14.8 Å². The van der Waals surface area contributed by atoms with Crippen LogP contribution in [0.3, 0.4) is 0 Å². The Bertz CT molecular complexity index is 1090. The van der Waals surface area contributed by atoms with Gasteiger partial charge in [-0.15, -0.1) is 0 Å². The lowest BCUT2D eigenvalue weighted by Crippen LogP contribution is -2.30. The lowest BCUT2D eigenvalue weighted by molar-refractivity contribution is 0.417. The summed E-state index contributed by atoms with van der Waals surface area (Å²) in [5.74, 6) is 0.198. The van der Waals surface area contributed by atoms with Crippen molar-refractivity contribution in [1.82, 2.24) is 9.97 Å². The molecule has 0 spiro atoms. The number of H-pyrrole nitrogens is 2. The number of phenols is 1. The van der Waals surface area contributed by atoms with Crippen molar-refractivity contribution in [3.8, 4) is 17.4 Å². The number of aryl methyl sites for hydroxylation is 2. The van der Waals surface area contributed by atoms with Crippen LogP contribution in [-0.4, -0.2) is 15.1 Å². The molecule has 2 aromatic carbocycles. The number of aromatic hydroxyl groups is 1. The zero-order chi connectivity index (χ0) is 17.7. The van der Waals surface area contributed by atoms with E-state index < -0.39 is 17.2 Å². The molecule has 0 fully saturated rings. The van der Waals surface area contributed by atoms with Gasteiger partial charge in [-0.2, -0.15) is 0 Å². The first-order valence-electron chi connectivity index (χ1n) is 7.88. The highest BCUT2D eigenvalue weighted by Gasteiger charge is 2.33. The van der Waals surface area contributed by atoms with Crippen LogP contribution in [0.2, 0.25) is 0 Å². The zero-order valence-electron chi connectivity index (χ0n) is 13.7. The summed E-state index contributed by atoms with van der Waals surface area (Å²) in [5, 5.41) is 9.90. The average molecular weight is 336 g/mol. The quantitative estimate of drug-likeness (QED) is 0.498. The molecule has 126 valence electrons. The monoisotopic (exact) mass is 336 g/mol. The van der Waals surface area contributed by atoms with E-state index >= 15 is 0 Å². The third-order valence-electron chi connectivity index (χ3n) is 4.48. The molecule has 1 aromatic heterocycles. The summed E-state index contributed by atoms with van der Waals surface area (Å²) in [5.41, 5.74) is 2.85. The zero-order valence-corrected chi connectivity index (χ0v) is 13.7. The molecule has 0 bridgehead atoms. The Morgan fingerprint density at radius 1 is 1.00 bits per heavy atom. The van der Waals surface area contributed by atoms with Crippen LogP contribution in [0.5, 0.6) is 17.4 Å². The minimum Gasteiger partial charge on any atom is -0.508 e. The summed E-state index contributed by atoms with van der Waals surface area (Å²) in [6, 6.07) is 11.0. The van der Waals surface area contributed by atoms with Gasteiger partial charge in [0.1, 0.15) is 11.5 Å². The van der Waals surface area contributed by atoms with Gasteiger partial charge in [0.15, 0.2) is 0 Å². The fraction of sp³-hybridized carbons (Fsp3) is 0.158. The van der Waals surface area contributed by atoms with Crippen molar-refractivity contribution in [2.24, 2.45) is 0 Å². The van der Waals surface area contributed by atoms with Crippen LogP contribution in [0.1, 0.15) is 33.7 Å². The van der Waals surface area contributed by atoms with Crippen molar-refractivity contribution in [3.05, 3.63) is 85.1 Å². The SMILES string of the molecule is Cc1ccc(C2c3c(C)cc(O)cc3Oc3[nH]c(=O)[nH]c(=O)c32)cc1. The Labute approximate surface area is 142 Å². The maximum atomic E-state index is 12.5. The molecular weight excluding hydrogens is 320 g/mol. The highest BCUT2D eigenvalue weighted by atomic mass is 16.5. The highest BCUT2D eigenvalue weighted by Crippen LogP contribution is 2.47. The number of phenolic OH excluding ortho intramolecular Hbond substituents is 1. The van der Waals surface area contributed by atoms with Crippen LogP contribution in [0.15, 0.2) is 46.0 Å². The van der Waals surface area contributed by atoms with E-state index in [2.05, 4.69) is 9.97 Å². The molecule has 4 rings (SSSR count). The number of hydrogen-bond acceptors (Lipinski definition) is 4. The Morgan fingerprint density at radius 3 is 2.44 bits per heavy atom. The first-order chi connectivity index (χ1) is 11.9. The van der Waals surface area contributed by atoms with Crippen molar-refractivity contribution in [3.63, 3.8) is 0 Å². The van der Waals surface area contributed by atoms with E-state index in [0.717, 1.165) is 22.3 Å². The van der Waals surface area contributed by atoms with E-state index in [9.17, 15) is 14.7 Å². The molecule has 0 radical (unpaired) electrons. The topological polar surface area (TPSA) is 95.2 Å². The van der Waals surface area contributed by atoms with Crippen molar-refractivity contribution in [1.29, 1.82) is 0 Å². The number of rotatable bonds is 1. The molecule has 0 aliphatic carbocycles. The number of hydrogen-bond donors (Lipinski definition) is 3. The number of aromatic amines is 2. The van der Waals surface area contributed by atoms with E-state index in [0.29, 0.717) is 11.3 Å². The van der Waals surface area contributed by atoms with Crippen LogP contribution in [0.4, 0.5) is 0 Å². The van der Waals surface area contributed by atoms with Gasteiger partial charge in [0.2, 0.25) is 5.88 Å². The van der Waals surface area contributed by atoms with Gasteiger partial charge in [0.05, 0.1) is 5.56 Å². The number of aromatic nitrogens is 2. The van der Waals surface area contributed by atoms with Crippen LogP contribution >= 0.6 is 0 Å². The minimum absolute atomic E-state index is 0.0644. The van der Waals surface area contributed by atoms with Crippen molar-refractivity contribution < 1.29 is 9.84 Å². The standard InChI is InChI=1S/C19H16N2O4/c1-9-3-5-11(6-4-9)15-14-10(2)7-12(22)8-13(14)25-18-16(15)17(23)20-19(24)21-18/h3-8,15,22H,1-2H3,(H2,20,21,23,24). The van der Waals surface area contributed by atoms with Crippen molar-refractivity contribution in [2.45, 2.75) is 19.8 Å². The molecule has 25 heavy (non-hydrogen) atoms. The van der Waals surface area contributed by atoms with Crippen LogP contribution in [-0.2, 0) is 0 Å². The second kappa shape index (κ2) is 5.37. The predicted molar refractivity (Wildman–Crippen MR) is 92.7 cm³/mol. The molecule has 0 amide bonds. The fourth-order valence-electron chi connectivity index (χ4n) is 3.37. The Kier molecular flexibility index (Phi) is 3.28. The third kappa shape index (κ3) is 2.42. The maximum Gasteiger partial charge on any atom is 0.328 e. The largest absolute Gasteiger partial charge is 0.508 e. The van der Waals surface area contributed by atoms with Gasteiger partial charge in [0.25, 0.3) is 5.56 Å². The van der Waals surface area contributed by atoms with Crippen LogP contribution < -0.4 is 16.0 Å². The summed E-state index contributed by atoms with van der Waals surface area (Å²) in [6.45, 7) is 3.84. The highest BCUT2D eigenvalue weighted by molar-refractivity contribution is 5.60. The predicted octanol–water partition coefficient (Wildman–Crippen LogP) is 2.67. The summed E-state index contributed by atoms with van der Waals surface area (Å²) in [6.07, 6.45) is 0. The van der Waals surface area contributed by atoms with Gasteiger partial charge in [-0.05, 0) is 31.0 Å². The van der Waals surface area contributed by atoms with Gasteiger partial charge in [-0.25, -0.2) is 4.79 Å². The second-order valence-electron chi connectivity index (χ2n) is 6.27. The number of fused-ring (bicyclic) bond motifs is 2. The molecule has 2 heterocycles. The lowest BCUT2D eigenvalue weighted by atomic mass is 9.81. The van der Waals surface area contributed by atoms with Crippen LogP contribution in [0, 0.1) is 13.8 Å². The summed E-state index contributed by atoms with van der Waals surface area (Å²) >= 11 is 0. The second-order valence-corrected chi connectivity index (χ2v) is 6.27. The van der Waals surface area contributed by atoms with Crippen molar-refractivity contribution >= 4 is 0 Å². The average Bonchev–Trinajstić information content (AvgIpc) is 2.53. The Balaban J connectivity index is 2.07. The maximum absolute atomic E-state index is 12.5. The minimum atomic E-state index is -0.633. The summed E-state index contributed by atoms with van der Waals surface area (Å²) in [7, 11) is 0. The van der Waals surface area contributed by atoms with Crippen LogP contribution in [0.25, 0.3) is 0 Å². The first-order valence-corrected chi connectivity index (χ1v) is 7.88. The molecule has 1 atom stereocenters. The summed E-state index contributed by atoms with van der Waals surface area (Å²) < 4.78 is 5.74. The third-order valence-corrected chi connectivity index (χ3v) is 4.48. The normalized spacial score (nSPS) is 15.2. The number of nitrogens with one attached hydrogen (secondary N) is 2. The van der Waals surface area contributed by atoms with E-state index in [-0.39, 0.29) is 11.6 Å². The first kappa shape index (κ1) is 15.3. The molecule has 6 nitrogen and oxygen atoms in total. The van der Waals surface area contributed by atoms with Gasteiger partial charge in [0, 0.05) is 17.5 Å². The molecule has 1 aliphatic rings. The Hall–Kier alpha value is -3.28. The molecule has 6 heteroatoms. The smallest absolute Gasteiger partial charge is 0.328 e. The molecule has 3 aromatic rings. The lowest BCUT2D eigenvalue weighted by Gasteiger charge is -2.28. The molecular formula is C19H16N2O4. The molecule has 0 saturated carbocycles. The molecule has 1 aliphatic heterocycles. The molecule has 1 unspecified atom stereocenters. The van der Waals surface area contributed by atoms with E-state index in [1.54, 1.807) is 6.07 Å². The van der Waals surface area contributed by atoms with Gasteiger partial charge in [-0.1, -0.05) is 29.8 Å². The van der Waals surface area contributed by atoms with Gasteiger partial charge >= 0.3 is 5.69 Å². The fourth-order valence-corrected chi connectivity index (χ4v) is 3.37. The summed E-state index contributed by atoms with van der Waals surface area (Å²) in [4.78, 5) is 29.0. The van der Waals surface area contributed by atoms with E-state index in [1.807, 2.05) is 38.1 Å². The Morgan fingerprint density at radius 2 is 1.72 bits per heavy atom. The molecule has 0 saturated heterocycles. The van der Waals surface area contributed by atoms with Crippen molar-refractivity contribution in [2.75, 3.05) is 0 Å². The number of ether oxygens (including phenoxy) is 1.